The van der Waals surface area contributed by atoms with Gasteiger partial charge in [0, 0.05) is 11.8 Å². The van der Waals surface area contributed by atoms with Crippen LogP contribution in [0.5, 0.6) is 0 Å². The van der Waals surface area contributed by atoms with Crippen molar-refractivity contribution >= 4 is 5.78 Å². The summed E-state index contributed by atoms with van der Waals surface area (Å²) in [5, 5.41) is 0. The van der Waals surface area contributed by atoms with E-state index in [9.17, 15) is 18.0 Å². The lowest BCUT2D eigenvalue weighted by Gasteiger charge is -2.08. The van der Waals surface area contributed by atoms with Crippen LogP contribution < -0.4 is 0 Å². The fourth-order valence-corrected chi connectivity index (χ4v) is 1.09. The second-order valence-electron chi connectivity index (χ2n) is 2.85. The van der Waals surface area contributed by atoms with Crippen molar-refractivity contribution in [1.82, 2.24) is 4.98 Å². The third kappa shape index (κ3) is 2.83. The number of hydrogen-bond acceptors (Lipinski definition) is 2. The van der Waals surface area contributed by atoms with Crippen molar-refractivity contribution in [3.63, 3.8) is 0 Å². The molecule has 0 atom stereocenters. The Bertz CT molecular complexity index is 346. The van der Waals surface area contributed by atoms with E-state index in [0.717, 1.165) is 0 Å². The summed E-state index contributed by atoms with van der Waals surface area (Å²) in [6.45, 7) is 1.22. The Morgan fingerprint density at radius 2 is 2.14 bits per heavy atom. The summed E-state index contributed by atoms with van der Waals surface area (Å²) in [7, 11) is 0. The minimum Gasteiger partial charge on any atom is -0.294 e. The number of halogens is 3. The van der Waals surface area contributed by atoms with Gasteiger partial charge in [-0.2, -0.15) is 13.2 Å². The largest absolute Gasteiger partial charge is 0.394 e. The maximum atomic E-state index is 12.0. The summed E-state index contributed by atoms with van der Waals surface area (Å²) in [5.74, 6) is -0.405. The van der Waals surface area contributed by atoms with Gasteiger partial charge in [0.15, 0.2) is 5.78 Å². The highest BCUT2D eigenvalue weighted by Gasteiger charge is 2.30. The third-order valence-corrected chi connectivity index (χ3v) is 1.64. The van der Waals surface area contributed by atoms with E-state index in [4.69, 9.17) is 0 Å². The minimum atomic E-state index is -4.33. The van der Waals surface area contributed by atoms with Gasteiger partial charge in [-0.05, 0) is 19.1 Å². The van der Waals surface area contributed by atoms with Crippen LogP contribution in [0.15, 0.2) is 18.3 Å². The van der Waals surface area contributed by atoms with Gasteiger partial charge >= 0.3 is 6.18 Å². The van der Waals surface area contributed by atoms with Crippen molar-refractivity contribution in [3.05, 3.63) is 29.6 Å². The molecule has 1 aromatic heterocycles. The maximum absolute atomic E-state index is 12.0. The first kappa shape index (κ1) is 10.7. The molecule has 0 fully saturated rings. The highest BCUT2D eigenvalue weighted by molar-refractivity contribution is 5.95. The second kappa shape index (κ2) is 3.77. The molecule has 0 aliphatic heterocycles. The molecule has 1 rings (SSSR count). The van der Waals surface area contributed by atoms with E-state index in [1.54, 1.807) is 0 Å². The van der Waals surface area contributed by atoms with E-state index in [1.807, 2.05) is 0 Å². The average molecular weight is 203 g/mol. The maximum Gasteiger partial charge on any atom is 0.394 e. The first-order chi connectivity index (χ1) is 6.40. The number of Topliss-reactive ketones (excluding diaryl/α,β-unsaturated/α-hetero) is 1. The zero-order valence-corrected chi connectivity index (χ0v) is 7.43. The first-order valence-corrected chi connectivity index (χ1v) is 3.92. The van der Waals surface area contributed by atoms with E-state index < -0.39 is 18.4 Å². The predicted molar refractivity (Wildman–Crippen MR) is 44.0 cm³/mol. The first-order valence-electron chi connectivity index (χ1n) is 3.92. The molecule has 0 saturated carbocycles. The summed E-state index contributed by atoms with van der Waals surface area (Å²) < 4.78 is 36.1. The second-order valence-corrected chi connectivity index (χ2v) is 2.85. The molecule has 0 bridgehead atoms. The number of rotatable bonds is 2. The van der Waals surface area contributed by atoms with Crippen LogP contribution in [0.4, 0.5) is 13.2 Å². The molecule has 0 spiro atoms. The number of aromatic nitrogens is 1. The van der Waals surface area contributed by atoms with Crippen LogP contribution >= 0.6 is 0 Å². The Morgan fingerprint density at radius 3 is 2.64 bits per heavy atom. The van der Waals surface area contributed by atoms with E-state index >= 15 is 0 Å². The molecule has 1 heterocycles. The molecule has 0 N–H and O–H groups in total. The van der Waals surface area contributed by atoms with E-state index in [-0.39, 0.29) is 11.3 Å². The molecule has 0 aliphatic carbocycles. The number of carbonyl (C=O) groups is 1. The molecule has 0 saturated heterocycles. The van der Waals surface area contributed by atoms with Gasteiger partial charge in [0.25, 0.3) is 0 Å². The Hall–Kier alpha value is -1.39. The van der Waals surface area contributed by atoms with Gasteiger partial charge < -0.3 is 0 Å². The number of alkyl halides is 3. The van der Waals surface area contributed by atoms with Gasteiger partial charge in [0.1, 0.15) is 0 Å². The molecule has 0 aliphatic rings. The molecular weight excluding hydrogens is 195 g/mol. The summed E-state index contributed by atoms with van der Waals surface area (Å²) in [6.07, 6.45) is -4.26. The molecule has 5 heteroatoms. The molecule has 0 aromatic carbocycles. The lowest BCUT2D eigenvalue weighted by molar-refractivity contribution is -0.127. The fourth-order valence-electron chi connectivity index (χ4n) is 1.09. The Balaban J connectivity index is 3.02. The monoisotopic (exact) mass is 203 g/mol. The molecule has 76 valence electrons. The van der Waals surface area contributed by atoms with Crippen LogP contribution in [-0.2, 0) is 6.42 Å². The van der Waals surface area contributed by atoms with Gasteiger partial charge in [-0.15, -0.1) is 0 Å². The highest BCUT2D eigenvalue weighted by atomic mass is 19.4. The van der Waals surface area contributed by atoms with Gasteiger partial charge in [0.05, 0.1) is 12.1 Å². The number of nitrogens with zero attached hydrogens (tertiary/aromatic N) is 1. The van der Waals surface area contributed by atoms with Crippen molar-refractivity contribution in [1.29, 1.82) is 0 Å². The van der Waals surface area contributed by atoms with Crippen LogP contribution in [-0.4, -0.2) is 16.9 Å². The third-order valence-electron chi connectivity index (χ3n) is 1.64. The van der Waals surface area contributed by atoms with Gasteiger partial charge in [-0.1, -0.05) is 0 Å². The summed E-state index contributed by atoms with van der Waals surface area (Å²) >= 11 is 0. The van der Waals surface area contributed by atoms with Gasteiger partial charge in [0.2, 0.25) is 0 Å². The zero-order chi connectivity index (χ0) is 10.8. The molecular formula is C9H8F3NO. The van der Waals surface area contributed by atoms with Crippen molar-refractivity contribution in [2.45, 2.75) is 19.5 Å². The summed E-state index contributed by atoms with van der Waals surface area (Å²) in [5.41, 5.74) is -0.183. The molecule has 0 amide bonds. The fraction of sp³-hybridized carbons (Fsp3) is 0.333. The lowest BCUT2D eigenvalue weighted by Crippen LogP contribution is -2.15. The Labute approximate surface area is 78.8 Å². The average Bonchev–Trinajstić information content (AvgIpc) is 2.01. The number of hydrogen-bond donors (Lipinski definition) is 0. The summed E-state index contributed by atoms with van der Waals surface area (Å²) in [4.78, 5) is 14.5. The zero-order valence-electron chi connectivity index (χ0n) is 7.43. The predicted octanol–water partition coefficient (Wildman–Crippen LogP) is 2.39. The normalized spacial score (nSPS) is 11.4. The molecule has 1 aromatic rings. The quantitative estimate of drug-likeness (QED) is 0.691. The van der Waals surface area contributed by atoms with Crippen molar-refractivity contribution < 1.29 is 18.0 Å². The van der Waals surface area contributed by atoms with Crippen LogP contribution in [0.25, 0.3) is 0 Å². The van der Waals surface area contributed by atoms with E-state index in [2.05, 4.69) is 4.98 Å². The minimum absolute atomic E-state index is 0.0322. The van der Waals surface area contributed by atoms with Crippen LogP contribution in [0.2, 0.25) is 0 Å². The van der Waals surface area contributed by atoms with Crippen LogP contribution in [0.1, 0.15) is 23.0 Å². The Kier molecular flexibility index (Phi) is 2.88. The topological polar surface area (TPSA) is 30.0 Å². The van der Waals surface area contributed by atoms with Crippen LogP contribution in [0.3, 0.4) is 0 Å². The number of pyridine rings is 1. The Morgan fingerprint density at radius 1 is 1.50 bits per heavy atom. The molecule has 0 radical (unpaired) electrons. The van der Waals surface area contributed by atoms with Crippen molar-refractivity contribution in [3.8, 4) is 0 Å². The SMILES string of the molecule is CC(=O)c1cccnc1CC(F)(F)F. The van der Waals surface area contributed by atoms with Crippen LogP contribution in [0, 0.1) is 0 Å². The van der Waals surface area contributed by atoms with E-state index in [1.165, 1.54) is 25.3 Å². The molecule has 2 nitrogen and oxygen atoms in total. The van der Waals surface area contributed by atoms with Gasteiger partial charge in [-0.25, -0.2) is 0 Å². The number of carbonyl (C=O) groups excluding carboxylic acids is 1. The summed E-state index contributed by atoms with van der Waals surface area (Å²) in [6, 6.07) is 2.78. The van der Waals surface area contributed by atoms with Gasteiger partial charge in [-0.3, -0.25) is 9.78 Å². The van der Waals surface area contributed by atoms with E-state index in [0.29, 0.717) is 0 Å². The standard InChI is InChI=1S/C9H8F3NO/c1-6(14)7-3-2-4-13-8(7)5-9(10,11)12/h2-4H,5H2,1H3. The van der Waals surface area contributed by atoms with Crippen molar-refractivity contribution in [2.24, 2.45) is 0 Å². The lowest BCUT2D eigenvalue weighted by atomic mass is 10.1. The smallest absolute Gasteiger partial charge is 0.294 e. The highest BCUT2D eigenvalue weighted by Crippen LogP contribution is 2.22. The molecule has 0 unspecified atom stereocenters. The number of ketones is 1. The molecule has 14 heavy (non-hydrogen) atoms. The van der Waals surface area contributed by atoms with Crippen molar-refractivity contribution in [2.75, 3.05) is 0 Å².